The average Bonchev–Trinajstić information content (AvgIpc) is 2.12. The van der Waals surface area contributed by atoms with E-state index in [0.29, 0.717) is 0 Å². The first-order valence-electron chi connectivity index (χ1n) is 4.54. The van der Waals surface area contributed by atoms with Crippen LogP contribution in [0.25, 0.3) is 0 Å². The van der Waals surface area contributed by atoms with E-state index in [-0.39, 0.29) is 0 Å². The number of nitrogens with zero attached hydrogens (tertiary/aromatic N) is 1. The molecule has 1 aromatic rings. The van der Waals surface area contributed by atoms with Crippen LogP contribution in [-0.2, 0) is 0 Å². The Bertz CT molecular complexity index is 303. The maximum Gasteiger partial charge on any atom is 0.0346 e. The fourth-order valence-corrected chi connectivity index (χ4v) is 1.23. The summed E-state index contributed by atoms with van der Waals surface area (Å²) in [5.74, 6) is 0. The zero-order valence-corrected chi connectivity index (χ0v) is 8.46. The van der Waals surface area contributed by atoms with Gasteiger partial charge in [0.2, 0.25) is 0 Å². The molecule has 0 amide bonds. The van der Waals surface area contributed by atoms with Gasteiger partial charge in [0.15, 0.2) is 0 Å². The summed E-state index contributed by atoms with van der Waals surface area (Å²) in [5.41, 5.74) is 3.59. The number of rotatable bonds is 3. The quantitative estimate of drug-likeness (QED) is 0.703. The van der Waals surface area contributed by atoms with Gasteiger partial charge >= 0.3 is 0 Å². The van der Waals surface area contributed by atoms with Crippen LogP contribution in [0.4, 0.5) is 5.69 Å². The number of benzene rings is 1. The second kappa shape index (κ2) is 4.65. The molecule has 0 atom stereocenters. The van der Waals surface area contributed by atoms with Gasteiger partial charge in [-0.3, -0.25) is 4.99 Å². The molecule has 2 nitrogen and oxygen atoms in total. The molecule has 0 fully saturated rings. The monoisotopic (exact) mass is 176 g/mol. The van der Waals surface area contributed by atoms with Crippen LogP contribution in [0, 0.1) is 6.92 Å². The van der Waals surface area contributed by atoms with Gasteiger partial charge in [0.25, 0.3) is 0 Å². The van der Waals surface area contributed by atoms with Crippen molar-refractivity contribution in [3.05, 3.63) is 29.3 Å². The first-order valence-corrected chi connectivity index (χ1v) is 4.54. The fourth-order valence-electron chi connectivity index (χ4n) is 1.23. The number of anilines is 1. The molecule has 1 aromatic carbocycles. The molecule has 0 aliphatic carbocycles. The van der Waals surface area contributed by atoms with E-state index in [0.717, 1.165) is 12.2 Å². The molecule has 1 rings (SSSR count). The minimum Gasteiger partial charge on any atom is -0.385 e. The smallest absolute Gasteiger partial charge is 0.0346 e. The SMILES string of the molecule is CCNc1ccc(C)c(C=NC)c1. The Hall–Kier alpha value is -1.31. The molecule has 0 saturated carbocycles. The second-order valence-electron chi connectivity index (χ2n) is 2.99. The van der Waals surface area contributed by atoms with E-state index in [1.165, 1.54) is 11.1 Å². The van der Waals surface area contributed by atoms with E-state index >= 15 is 0 Å². The van der Waals surface area contributed by atoms with Gasteiger partial charge in [0, 0.05) is 25.5 Å². The summed E-state index contributed by atoms with van der Waals surface area (Å²) in [5, 5.41) is 3.27. The zero-order chi connectivity index (χ0) is 9.68. The van der Waals surface area contributed by atoms with E-state index in [4.69, 9.17) is 0 Å². The van der Waals surface area contributed by atoms with Crippen LogP contribution in [0.15, 0.2) is 23.2 Å². The standard InChI is InChI=1S/C11H16N2/c1-4-13-11-6-5-9(2)10(7-11)8-12-3/h5-8,13H,4H2,1-3H3. The third-order valence-corrected chi connectivity index (χ3v) is 1.93. The molecule has 1 N–H and O–H groups in total. The van der Waals surface area contributed by atoms with Crippen LogP contribution in [0.5, 0.6) is 0 Å². The lowest BCUT2D eigenvalue weighted by Gasteiger charge is -2.05. The molecule has 70 valence electrons. The molecular weight excluding hydrogens is 160 g/mol. The van der Waals surface area contributed by atoms with Crippen molar-refractivity contribution in [2.75, 3.05) is 18.9 Å². The van der Waals surface area contributed by atoms with E-state index < -0.39 is 0 Å². The van der Waals surface area contributed by atoms with Gasteiger partial charge in [-0.25, -0.2) is 0 Å². The van der Waals surface area contributed by atoms with Gasteiger partial charge in [0.05, 0.1) is 0 Å². The molecule has 0 spiro atoms. The van der Waals surface area contributed by atoms with Crippen LogP contribution in [0.1, 0.15) is 18.1 Å². The van der Waals surface area contributed by atoms with E-state index in [1.54, 1.807) is 7.05 Å². The predicted octanol–water partition coefficient (Wildman–Crippen LogP) is 2.48. The van der Waals surface area contributed by atoms with Crippen molar-refractivity contribution in [3.63, 3.8) is 0 Å². The Labute approximate surface area is 79.7 Å². The molecule has 13 heavy (non-hydrogen) atoms. The van der Waals surface area contributed by atoms with E-state index in [1.807, 2.05) is 6.21 Å². The van der Waals surface area contributed by atoms with Crippen LogP contribution in [0.3, 0.4) is 0 Å². The number of nitrogens with one attached hydrogen (secondary N) is 1. The molecule has 0 radical (unpaired) electrons. The van der Waals surface area contributed by atoms with E-state index in [9.17, 15) is 0 Å². The Morgan fingerprint density at radius 1 is 1.46 bits per heavy atom. The molecule has 0 saturated heterocycles. The average molecular weight is 176 g/mol. The first-order chi connectivity index (χ1) is 6.27. The highest BCUT2D eigenvalue weighted by Crippen LogP contribution is 2.13. The van der Waals surface area contributed by atoms with Crippen molar-refractivity contribution < 1.29 is 0 Å². The van der Waals surface area contributed by atoms with Gasteiger partial charge in [-0.1, -0.05) is 6.07 Å². The van der Waals surface area contributed by atoms with Gasteiger partial charge in [-0.05, 0) is 37.1 Å². The maximum atomic E-state index is 4.02. The van der Waals surface area contributed by atoms with Gasteiger partial charge in [-0.15, -0.1) is 0 Å². The molecule has 0 aromatic heterocycles. The molecule has 0 aliphatic heterocycles. The Morgan fingerprint density at radius 3 is 2.85 bits per heavy atom. The first kappa shape index (κ1) is 9.78. The highest BCUT2D eigenvalue weighted by atomic mass is 14.8. The Kier molecular flexibility index (Phi) is 3.50. The second-order valence-corrected chi connectivity index (χ2v) is 2.99. The fraction of sp³-hybridized carbons (Fsp3) is 0.364. The summed E-state index contributed by atoms with van der Waals surface area (Å²) in [4.78, 5) is 4.02. The lowest BCUT2D eigenvalue weighted by Crippen LogP contribution is -1.98. The third kappa shape index (κ3) is 2.58. The van der Waals surface area contributed by atoms with E-state index in [2.05, 4.69) is 42.4 Å². The van der Waals surface area contributed by atoms with Crippen molar-refractivity contribution in [3.8, 4) is 0 Å². The summed E-state index contributed by atoms with van der Waals surface area (Å²) in [6.07, 6.45) is 1.89. The highest BCUT2D eigenvalue weighted by Gasteiger charge is 1.96. The minimum absolute atomic E-state index is 0.950. The molecule has 0 aliphatic rings. The number of aryl methyl sites for hydroxylation is 1. The van der Waals surface area contributed by atoms with Crippen molar-refractivity contribution in [1.29, 1.82) is 0 Å². The number of hydrogen-bond donors (Lipinski definition) is 1. The number of aliphatic imine (C=N–C) groups is 1. The number of hydrogen-bond acceptors (Lipinski definition) is 2. The maximum absolute atomic E-state index is 4.02. The Balaban J connectivity index is 2.96. The minimum atomic E-state index is 0.950. The van der Waals surface area contributed by atoms with Crippen molar-refractivity contribution in [2.24, 2.45) is 4.99 Å². The lowest BCUT2D eigenvalue weighted by atomic mass is 10.1. The van der Waals surface area contributed by atoms with Crippen LogP contribution < -0.4 is 5.32 Å². The largest absolute Gasteiger partial charge is 0.385 e. The van der Waals surface area contributed by atoms with Crippen LogP contribution in [0.2, 0.25) is 0 Å². The van der Waals surface area contributed by atoms with Gasteiger partial charge in [0.1, 0.15) is 0 Å². The molecule has 0 unspecified atom stereocenters. The predicted molar refractivity (Wildman–Crippen MR) is 58.9 cm³/mol. The summed E-state index contributed by atoms with van der Waals surface area (Å²) in [6.45, 7) is 5.13. The van der Waals surface area contributed by atoms with Gasteiger partial charge in [-0.2, -0.15) is 0 Å². The lowest BCUT2D eigenvalue weighted by molar-refractivity contribution is 1.21. The summed E-state index contributed by atoms with van der Waals surface area (Å²) >= 11 is 0. The third-order valence-electron chi connectivity index (χ3n) is 1.93. The summed E-state index contributed by atoms with van der Waals surface area (Å²) in [6, 6.07) is 6.31. The van der Waals surface area contributed by atoms with Crippen molar-refractivity contribution in [2.45, 2.75) is 13.8 Å². The molecule has 0 heterocycles. The van der Waals surface area contributed by atoms with Crippen LogP contribution in [-0.4, -0.2) is 19.8 Å². The van der Waals surface area contributed by atoms with Crippen molar-refractivity contribution in [1.82, 2.24) is 0 Å². The molecule has 2 heteroatoms. The van der Waals surface area contributed by atoms with Crippen LogP contribution >= 0.6 is 0 Å². The van der Waals surface area contributed by atoms with Gasteiger partial charge < -0.3 is 5.32 Å². The summed E-state index contributed by atoms with van der Waals surface area (Å²) in [7, 11) is 1.79. The summed E-state index contributed by atoms with van der Waals surface area (Å²) < 4.78 is 0. The molecule has 0 bridgehead atoms. The highest BCUT2D eigenvalue weighted by molar-refractivity contribution is 5.83. The topological polar surface area (TPSA) is 24.4 Å². The normalized spacial score (nSPS) is 10.7. The Morgan fingerprint density at radius 2 is 2.23 bits per heavy atom. The molecular formula is C11H16N2. The van der Waals surface area contributed by atoms with Crippen molar-refractivity contribution >= 4 is 11.9 Å². The zero-order valence-electron chi connectivity index (χ0n) is 8.46.